The summed E-state index contributed by atoms with van der Waals surface area (Å²) in [5, 5.41) is 7.41. The van der Waals surface area contributed by atoms with Crippen molar-refractivity contribution in [3.8, 4) is 16.9 Å². The lowest BCUT2D eigenvalue weighted by molar-refractivity contribution is -0.130. The van der Waals surface area contributed by atoms with Gasteiger partial charge in [-0.3, -0.25) is 9.59 Å². The standard InChI is InChI=1S/C25H25FN4O2/c26-21-11-8-19(9-12-21)25-20(18-30(28-25)22-6-2-1-3-7-22)10-13-23(31)27-15-14-24(32)29-16-4-5-17-29/h1-3,6-13,18H,4-5,14-17H2,(H,27,31)/b13-10+. The predicted molar refractivity (Wildman–Crippen MR) is 121 cm³/mol. The summed E-state index contributed by atoms with van der Waals surface area (Å²) in [6.45, 7) is 1.92. The molecule has 2 aromatic carbocycles. The van der Waals surface area contributed by atoms with Crippen LogP contribution in [0.4, 0.5) is 4.39 Å². The topological polar surface area (TPSA) is 67.2 Å². The Morgan fingerprint density at radius 2 is 1.75 bits per heavy atom. The first-order valence-electron chi connectivity index (χ1n) is 10.7. The maximum absolute atomic E-state index is 13.4. The van der Waals surface area contributed by atoms with Gasteiger partial charge < -0.3 is 10.2 Å². The van der Waals surface area contributed by atoms with Crippen molar-refractivity contribution in [2.24, 2.45) is 0 Å². The number of aromatic nitrogens is 2. The third-order valence-corrected chi connectivity index (χ3v) is 5.39. The van der Waals surface area contributed by atoms with Gasteiger partial charge in [0.05, 0.1) is 11.4 Å². The Morgan fingerprint density at radius 1 is 1.03 bits per heavy atom. The number of likely N-dealkylation sites (tertiary alicyclic amines) is 1. The van der Waals surface area contributed by atoms with Gasteiger partial charge in [0.1, 0.15) is 5.82 Å². The van der Waals surface area contributed by atoms with E-state index in [0.717, 1.165) is 42.7 Å². The number of carbonyl (C=O) groups is 2. The summed E-state index contributed by atoms with van der Waals surface area (Å²) in [5.41, 5.74) is 2.99. The third kappa shape index (κ3) is 5.29. The monoisotopic (exact) mass is 432 g/mol. The highest BCUT2D eigenvalue weighted by molar-refractivity contribution is 5.93. The van der Waals surface area contributed by atoms with Crippen LogP contribution in [0.25, 0.3) is 23.0 Å². The van der Waals surface area contributed by atoms with E-state index in [2.05, 4.69) is 10.4 Å². The summed E-state index contributed by atoms with van der Waals surface area (Å²) >= 11 is 0. The largest absolute Gasteiger partial charge is 0.352 e. The first kappa shape index (κ1) is 21.5. The molecule has 1 aliphatic rings. The molecule has 0 spiro atoms. The van der Waals surface area contributed by atoms with E-state index in [-0.39, 0.29) is 17.6 Å². The van der Waals surface area contributed by atoms with Crippen LogP contribution in [0.15, 0.2) is 66.9 Å². The highest BCUT2D eigenvalue weighted by Gasteiger charge is 2.17. The van der Waals surface area contributed by atoms with Crippen LogP contribution in [0.2, 0.25) is 0 Å². The third-order valence-electron chi connectivity index (χ3n) is 5.39. The molecule has 1 fully saturated rings. The van der Waals surface area contributed by atoms with Gasteiger partial charge in [0.25, 0.3) is 0 Å². The Morgan fingerprint density at radius 3 is 2.47 bits per heavy atom. The highest BCUT2D eigenvalue weighted by Crippen LogP contribution is 2.25. The first-order chi connectivity index (χ1) is 15.6. The molecule has 2 amide bonds. The fourth-order valence-corrected chi connectivity index (χ4v) is 3.70. The fraction of sp³-hybridized carbons (Fsp3) is 0.240. The molecule has 4 rings (SSSR count). The van der Waals surface area contributed by atoms with Gasteiger partial charge in [-0.15, -0.1) is 0 Å². The van der Waals surface area contributed by atoms with Gasteiger partial charge in [-0.25, -0.2) is 9.07 Å². The number of halogens is 1. The molecule has 6 nitrogen and oxygen atoms in total. The van der Waals surface area contributed by atoms with Crippen LogP contribution in [-0.4, -0.2) is 46.1 Å². The quantitative estimate of drug-likeness (QED) is 0.577. The zero-order valence-corrected chi connectivity index (χ0v) is 17.7. The summed E-state index contributed by atoms with van der Waals surface area (Å²) in [7, 11) is 0. The van der Waals surface area contributed by atoms with E-state index in [0.29, 0.717) is 18.7 Å². The molecule has 1 aliphatic heterocycles. The Balaban J connectivity index is 1.46. The van der Waals surface area contributed by atoms with Crippen molar-refractivity contribution in [2.45, 2.75) is 19.3 Å². The molecule has 32 heavy (non-hydrogen) atoms. The molecule has 1 saturated heterocycles. The molecule has 2 heterocycles. The molecule has 1 N–H and O–H groups in total. The van der Waals surface area contributed by atoms with Gasteiger partial charge in [-0.1, -0.05) is 18.2 Å². The zero-order valence-electron chi connectivity index (χ0n) is 17.7. The zero-order chi connectivity index (χ0) is 22.3. The molecule has 0 aliphatic carbocycles. The second kappa shape index (κ2) is 10.0. The lowest BCUT2D eigenvalue weighted by Crippen LogP contribution is -2.32. The SMILES string of the molecule is O=C(/C=C/c1cn(-c2ccccc2)nc1-c1ccc(F)cc1)NCCC(=O)N1CCCC1. The number of carbonyl (C=O) groups excluding carboxylic acids is 2. The Kier molecular flexibility index (Phi) is 6.75. The number of hydrogen-bond donors (Lipinski definition) is 1. The molecular formula is C25H25FN4O2. The molecule has 0 saturated carbocycles. The van der Waals surface area contributed by atoms with Crippen molar-refractivity contribution in [1.82, 2.24) is 20.0 Å². The minimum Gasteiger partial charge on any atom is -0.352 e. The maximum Gasteiger partial charge on any atom is 0.244 e. The number of hydrogen-bond acceptors (Lipinski definition) is 3. The number of nitrogens with zero attached hydrogens (tertiary/aromatic N) is 3. The van der Waals surface area contributed by atoms with Crippen molar-refractivity contribution < 1.29 is 14.0 Å². The van der Waals surface area contributed by atoms with E-state index in [9.17, 15) is 14.0 Å². The van der Waals surface area contributed by atoms with Gasteiger partial charge in [0.15, 0.2) is 0 Å². The number of amides is 2. The van der Waals surface area contributed by atoms with Crippen LogP contribution >= 0.6 is 0 Å². The number of nitrogens with one attached hydrogen (secondary N) is 1. The van der Waals surface area contributed by atoms with Crippen LogP contribution in [0.5, 0.6) is 0 Å². The van der Waals surface area contributed by atoms with Crippen LogP contribution in [0.3, 0.4) is 0 Å². The Labute approximate surface area is 186 Å². The Bertz CT molecular complexity index is 1100. The average molecular weight is 432 g/mol. The molecule has 164 valence electrons. The molecule has 0 radical (unpaired) electrons. The lowest BCUT2D eigenvalue weighted by atomic mass is 10.1. The van der Waals surface area contributed by atoms with E-state index in [1.807, 2.05) is 41.4 Å². The molecule has 1 aromatic heterocycles. The number of benzene rings is 2. The molecular weight excluding hydrogens is 407 g/mol. The van der Waals surface area contributed by atoms with Gasteiger partial charge in [-0.2, -0.15) is 5.10 Å². The van der Waals surface area contributed by atoms with E-state index in [4.69, 9.17) is 0 Å². The van der Waals surface area contributed by atoms with Gasteiger partial charge in [-0.05, 0) is 55.3 Å². The van der Waals surface area contributed by atoms with E-state index in [1.54, 1.807) is 22.9 Å². The summed E-state index contributed by atoms with van der Waals surface area (Å²) in [6, 6.07) is 15.7. The van der Waals surface area contributed by atoms with Crippen molar-refractivity contribution >= 4 is 17.9 Å². The molecule has 0 unspecified atom stereocenters. The molecule has 0 bridgehead atoms. The van der Waals surface area contributed by atoms with Crippen molar-refractivity contribution in [1.29, 1.82) is 0 Å². The summed E-state index contributed by atoms with van der Waals surface area (Å²) < 4.78 is 15.1. The predicted octanol–water partition coefficient (Wildman–Crippen LogP) is 3.82. The number of rotatable bonds is 7. The highest BCUT2D eigenvalue weighted by atomic mass is 19.1. The van der Waals surface area contributed by atoms with Crippen molar-refractivity contribution in [2.75, 3.05) is 19.6 Å². The fourth-order valence-electron chi connectivity index (χ4n) is 3.70. The minimum atomic E-state index is -0.323. The number of para-hydroxylation sites is 1. The van der Waals surface area contributed by atoms with Crippen molar-refractivity contribution in [3.63, 3.8) is 0 Å². The molecule has 3 aromatic rings. The van der Waals surface area contributed by atoms with Gasteiger partial charge >= 0.3 is 0 Å². The first-order valence-corrected chi connectivity index (χ1v) is 10.7. The summed E-state index contributed by atoms with van der Waals surface area (Å²) in [4.78, 5) is 26.2. The van der Waals surface area contributed by atoms with E-state index >= 15 is 0 Å². The summed E-state index contributed by atoms with van der Waals surface area (Å²) in [5.74, 6) is -0.526. The van der Waals surface area contributed by atoms with Crippen LogP contribution in [-0.2, 0) is 9.59 Å². The minimum absolute atomic E-state index is 0.0783. The smallest absolute Gasteiger partial charge is 0.244 e. The summed E-state index contributed by atoms with van der Waals surface area (Å²) in [6.07, 6.45) is 7.34. The normalized spacial score (nSPS) is 13.6. The lowest BCUT2D eigenvalue weighted by Gasteiger charge is -2.14. The van der Waals surface area contributed by atoms with Crippen LogP contribution < -0.4 is 5.32 Å². The molecule has 7 heteroatoms. The van der Waals surface area contributed by atoms with Crippen LogP contribution in [0.1, 0.15) is 24.8 Å². The molecule has 0 atom stereocenters. The van der Waals surface area contributed by atoms with Gasteiger partial charge in [0, 0.05) is 49.5 Å². The second-order valence-electron chi connectivity index (χ2n) is 7.68. The van der Waals surface area contributed by atoms with Gasteiger partial charge in [0.2, 0.25) is 11.8 Å². The van der Waals surface area contributed by atoms with E-state index in [1.165, 1.54) is 18.2 Å². The van der Waals surface area contributed by atoms with Crippen molar-refractivity contribution in [3.05, 3.63) is 78.3 Å². The van der Waals surface area contributed by atoms with E-state index < -0.39 is 0 Å². The van der Waals surface area contributed by atoms with Crippen LogP contribution in [0, 0.1) is 5.82 Å². The second-order valence-corrected chi connectivity index (χ2v) is 7.68. The Hall–Kier alpha value is -3.74. The maximum atomic E-state index is 13.4. The average Bonchev–Trinajstić information content (AvgIpc) is 3.49.